The van der Waals surface area contributed by atoms with Crippen molar-refractivity contribution < 1.29 is 4.79 Å². The van der Waals surface area contributed by atoms with E-state index < -0.39 is 0 Å². The third-order valence-corrected chi connectivity index (χ3v) is 4.36. The van der Waals surface area contributed by atoms with Gasteiger partial charge in [0.15, 0.2) is 0 Å². The number of benzene rings is 1. The Hall–Kier alpha value is -1.56. The third-order valence-electron chi connectivity index (χ3n) is 3.62. The Labute approximate surface area is 146 Å². The normalized spacial score (nSPS) is 10.8. The molecule has 2 N–H and O–H groups in total. The van der Waals surface area contributed by atoms with E-state index in [1.165, 1.54) is 0 Å². The molecule has 1 aromatic heterocycles. The summed E-state index contributed by atoms with van der Waals surface area (Å²) in [7, 11) is 1.85. The number of hydrogen-bond acceptors (Lipinski definition) is 3. The van der Waals surface area contributed by atoms with E-state index >= 15 is 0 Å². The summed E-state index contributed by atoms with van der Waals surface area (Å²) in [6.45, 7) is 5.19. The fourth-order valence-corrected chi connectivity index (χ4v) is 2.64. The zero-order valence-electron chi connectivity index (χ0n) is 13.4. The van der Waals surface area contributed by atoms with E-state index in [0.29, 0.717) is 23.0 Å². The molecule has 0 bridgehead atoms. The van der Waals surface area contributed by atoms with Crippen LogP contribution < -0.4 is 10.6 Å². The lowest BCUT2D eigenvalue weighted by molar-refractivity contribution is -0.120. The highest BCUT2D eigenvalue weighted by atomic mass is 35.5. The maximum absolute atomic E-state index is 12.0. The van der Waals surface area contributed by atoms with E-state index in [4.69, 9.17) is 23.2 Å². The fourth-order valence-electron chi connectivity index (χ4n) is 2.35. The van der Waals surface area contributed by atoms with Crippen LogP contribution in [0.2, 0.25) is 10.0 Å². The highest BCUT2D eigenvalue weighted by Gasteiger charge is 2.16. The topological polar surface area (TPSA) is 58.9 Å². The summed E-state index contributed by atoms with van der Waals surface area (Å²) in [6, 6.07) is 5.35. The van der Waals surface area contributed by atoms with Crippen LogP contribution in [-0.4, -0.2) is 35.8 Å². The second kappa shape index (κ2) is 7.81. The number of nitrogens with one attached hydrogen (secondary N) is 2. The molecule has 0 unspecified atom stereocenters. The van der Waals surface area contributed by atoms with Crippen LogP contribution in [0.3, 0.4) is 0 Å². The summed E-state index contributed by atoms with van der Waals surface area (Å²) in [4.78, 5) is 12.0. The SMILES string of the molecule is CNCCNC(=O)Cc1c(C)nn(-c2ccc(Cl)c(Cl)c2)c1C. The number of rotatable bonds is 6. The summed E-state index contributed by atoms with van der Waals surface area (Å²) in [5.74, 6) is -0.0138. The van der Waals surface area contributed by atoms with Crippen LogP contribution in [0.5, 0.6) is 0 Å². The number of halogens is 2. The lowest BCUT2D eigenvalue weighted by Gasteiger charge is -2.07. The quantitative estimate of drug-likeness (QED) is 0.784. The average molecular weight is 355 g/mol. The van der Waals surface area contributed by atoms with Gasteiger partial charge in [-0.1, -0.05) is 23.2 Å². The van der Waals surface area contributed by atoms with Crippen molar-refractivity contribution in [1.82, 2.24) is 20.4 Å². The molecule has 0 spiro atoms. The van der Waals surface area contributed by atoms with E-state index in [0.717, 1.165) is 29.2 Å². The molecule has 2 rings (SSSR count). The van der Waals surface area contributed by atoms with Gasteiger partial charge in [-0.3, -0.25) is 4.79 Å². The van der Waals surface area contributed by atoms with Gasteiger partial charge in [0.25, 0.3) is 0 Å². The first-order valence-electron chi connectivity index (χ1n) is 7.36. The minimum absolute atomic E-state index is 0.0138. The first-order valence-corrected chi connectivity index (χ1v) is 8.11. The van der Waals surface area contributed by atoms with Crippen molar-refractivity contribution in [3.05, 3.63) is 45.2 Å². The number of carbonyl (C=O) groups excluding carboxylic acids is 1. The van der Waals surface area contributed by atoms with Gasteiger partial charge in [0.2, 0.25) is 5.91 Å². The summed E-state index contributed by atoms with van der Waals surface area (Å²) in [6.07, 6.45) is 0.308. The largest absolute Gasteiger partial charge is 0.355 e. The molecular formula is C16H20Cl2N4O. The molecule has 1 heterocycles. The van der Waals surface area contributed by atoms with Crippen molar-refractivity contribution in [2.75, 3.05) is 20.1 Å². The third kappa shape index (κ3) is 4.25. The average Bonchev–Trinajstić information content (AvgIpc) is 2.78. The van der Waals surface area contributed by atoms with Crippen LogP contribution in [0.15, 0.2) is 18.2 Å². The number of aryl methyl sites for hydroxylation is 1. The molecule has 0 saturated heterocycles. The van der Waals surface area contributed by atoms with Gasteiger partial charge >= 0.3 is 0 Å². The second-order valence-corrected chi connectivity index (χ2v) is 6.10. The molecule has 7 heteroatoms. The van der Waals surface area contributed by atoms with Crippen molar-refractivity contribution in [3.63, 3.8) is 0 Å². The van der Waals surface area contributed by atoms with Crippen molar-refractivity contribution >= 4 is 29.1 Å². The molecule has 0 atom stereocenters. The van der Waals surface area contributed by atoms with Crippen molar-refractivity contribution in [2.45, 2.75) is 20.3 Å². The van der Waals surface area contributed by atoms with Crippen molar-refractivity contribution in [2.24, 2.45) is 0 Å². The van der Waals surface area contributed by atoms with Gasteiger partial charge in [-0.05, 0) is 39.1 Å². The highest BCUT2D eigenvalue weighted by Crippen LogP contribution is 2.26. The summed E-state index contributed by atoms with van der Waals surface area (Å²) in [5, 5.41) is 11.4. The van der Waals surface area contributed by atoms with Gasteiger partial charge in [0.1, 0.15) is 0 Å². The van der Waals surface area contributed by atoms with Crippen LogP contribution in [0.25, 0.3) is 5.69 Å². The molecule has 1 amide bonds. The molecule has 23 heavy (non-hydrogen) atoms. The molecule has 2 aromatic rings. The molecule has 1 aromatic carbocycles. The minimum Gasteiger partial charge on any atom is -0.355 e. The molecular weight excluding hydrogens is 335 g/mol. The molecule has 0 radical (unpaired) electrons. The first kappa shape index (κ1) is 17.8. The van der Waals surface area contributed by atoms with Crippen LogP contribution in [-0.2, 0) is 11.2 Å². The van der Waals surface area contributed by atoms with E-state index in [1.807, 2.05) is 27.0 Å². The molecule has 0 fully saturated rings. The zero-order chi connectivity index (χ0) is 17.0. The minimum atomic E-state index is -0.0138. The maximum Gasteiger partial charge on any atom is 0.224 e. The standard InChI is InChI=1S/C16H20Cl2N4O/c1-10-13(9-16(23)20-7-6-19-3)11(2)22(21-10)12-4-5-14(17)15(18)8-12/h4-5,8,19H,6-7,9H2,1-3H3,(H,20,23). The van der Waals surface area contributed by atoms with Crippen LogP contribution in [0.1, 0.15) is 17.0 Å². The van der Waals surface area contributed by atoms with Crippen LogP contribution >= 0.6 is 23.2 Å². The van der Waals surface area contributed by atoms with Crippen LogP contribution in [0.4, 0.5) is 0 Å². The number of carbonyl (C=O) groups is 1. The molecule has 0 aliphatic carbocycles. The number of hydrogen-bond donors (Lipinski definition) is 2. The number of aromatic nitrogens is 2. The lowest BCUT2D eigenvalue weighted by atomic mass is 10.1. The van der Waals surface area contributed by atoms with E-state index in [-0.39, 0.29) is 5.91 Å². The highest BCUT2D eigenvalue weighted by molar-refractivity contribution is 6.42. The first-order chi connectivity index (χ1) is 10.9. The van der Waals surface area contributed by atoms with Gasteiger partial charge in [-0.15, -0.1) is 0 Å². The lowest BCUT2D eigenvalue weighted by Crippen LogP contribution is -2.31. The number of nitrogens with zero attached hydrogens (tertiary/aromatic N) is 2. The van der Waals surface area contributed by atoms with Crippen LogP contribution in [0, 0.1) is 13.8 Å². The second-order valence-electron chi connectivity index (χ2n) is 5.29. The van der Waals surface area contributed by atoms with Crippen molar-refractivity contribution in [1.29, 1.82) is 0 Å². The molecule has 124 valence electrons. The Kier molecular flexibility index (Phi) is 6.04. The Morgan fingerprint density at radius 1 is 1.22 bits per heavy atom. The molecule has 0 aliphatic heterocycles. The summed E-state index contributed by atoms with van der Waals surface area (Å²) >= 11 is 12.0. The molecule has 0 saturated carbocycles. The zero-order valence-corrected chi connectivity index (χ0v) is 14.9. The monoisotopic (exact) mass is 354 g/mol. The van der Waals surface area contributed by atoms with E-state index in [9.17, 15) is 4.79 Å². The van der Waals surface area contributed by atoms with E-state index in [2.05, 4.69) is 15.7 Å². The number of amides is 1. The van der Waals surface area contributed by atoms with Gasteiger partial charge in [0.05, 0.1) is 27.8 Å². The van der Waals surface area contributed by atoms with Gasteiger partial charge in [-0.2, -0.15) is 5.10 Å². The van der Waals surface area contributed by atoms with Crippen molar-refractivity contribution in [3.8, 4) is 5.69 Å². The van der Waals surface area contributed by atoms with E-state index in [1.54, 1.807) is 16.8 Å². The van der Waals surface area contributed by atoms with Gasteiger partial charge < -0.3 is 10.6 Å². The fraction of sp³-hybridized carbons (Fsp3) is 0.375. The predicted octanol–water partition coefficient (Wildman–Crippen LogP) is 2.67. The summed E-state index contributed by atoms with van der Waals surface area (Å²) < 4.78 is 1.79. The Morgan fingerprint density at radius 3 is 2.61 bits per heavy atom. The Balaban J connectivity index is 2.22. The molecule has 0 aliphatic rings. The molecule has 5 nitrogen and oxygen atoms in total. The van der Waals surface area contributed by atoms with Gasteiger partial charge in [0, 0.05) is 24.3 Å². The maximum atomic E-state index is 12.0. The Bertz CT molecular complexity index is 712. The summed E-state index contributed by atoms with van der Waals surface area (Å²) in [5.41, 5.74) is 3.50. The van der Waals surface area contributed by atoms with Gasteiger partial charge in [-0.25, -0.2) is 4.68 Å². The Morgan fingerprint density at radius 2 is 1.96 bits per heavy atom. The predicted molar refractivity (Wildman–Crippen MR) is 93.7 cm³/mol. The smallest absolute Gasteiger partial charge is 0.224 e. The number of likely N-dealkylation sites (N-methyl/N-ethyl adjacent to an activating group) is 1.